The van der Waals surface area contributed by atoms with Gasteiger partial charge in [0.1, 0.15) is 12.4 Å². The Morgan fingerprint density at radius 3 is 2.37 bits per heavy atom. The molecule has 0 saturated carbocycles. The van der Waals surface area contributed by atoms with E-state index in [1.54, 1.807) is 12.1 Å². The van der Waals surface area contributed by atoms with Gasteiger partial charge in [0.25, 0.3) is 5.91 Å². The molecule has 2 aromatic carbocycles. The van der Waals surface area contributed by atoms with Crippen LogP contribution in [-0.2, 0) is 6.61 Å². The van der Waals surface area contributed by atoms with Crippen LogP contribution in [0.3, 0.4) is 0 Å². The van der Waals surface area contributed by atoms with E-state index in [0.717, 1.165) is 5.56 Å². The second-order valence-electron chi connectivity index (χ2n) is 6.63. The van der Waals surface area contributed by atoms with E-state index in [4.69, 9.17) is 10.5 Å². The summed E-state index contributed by atoms with van der Waals surface area (Å²) in [5.74, 6) is -1.18. The number of benzene rings is 2. The number of halogens is 3. The molecule has 1 heterocycles. The van der Waals surface area contributed by atoms with Crippen LogP contribution in [-0.4, -0.2) is 30.1 Å². The molecule has 1 amide bonds. The Morgan fingerprint density at radius 1 is 1.11 bits per heavy atom. The second-order valence-corrected chi connectivity index (χ2v) is 6.63. The van der Waals surface area contributed by atoms with Gasteiger partial charge in [-0.1, -0.05) is 30.3 Å². The largest absolute Gasteiger partial charge is 0.487 e. The molecule has 2 aromatic rings. The lowest BCUT2D eigenvalue weighted by atomic mass is 9.96. The Balaban J connectivity index is 1.61. The quantitative estimate of drug-likeness (QED) is 0.809. The van der Waals surface area contributed by atoms with Crippen LogP contribution in [0.25, 0.3) is 0 Å². The summed E-state index contributed by atoms with van der Waals surface area (Å²) in [7, 11) is 0. The van der Waals surface area contributed by atoms with Crippen LogP contribution in [0.15, 0.2) is 48.5 Å². The number of nitrogens with zero attached hydrogens (tertiary/aromatic N) is 1. The summed E-state index contributed by atoms with van der Waals surface area (Å²) in [6.45, 7) is 0.535. The first kappa shape index (κ1) is 19.1. The molecule has 0 atom stereocenters. The number of likely N-dealkylation sites (tertiary alicyclic amines) is 1. The molecule has 3 rings (SSSR count). The van der Waals surface area contributed by atoms with E-state index in [1.165, 1.54) is 11.0 Å². The Morgan fingerprint density at radius 2 is 1.78 bits per heavy atom. The van der Waals surface area contributed by atoms with Crippen LogP contribution in [0, 0.1) is 5.92 Å². The number of alkyl halides is 3. The number of amides is 1. The molecule has 7 heteroatoms. The van der Waals surface area contributed by atoms with Gasteiger partial charge in [-0.15, -0.1) is 0 Å². The number of carbonyl (C=O) groups excluding carboxylic acids is 1. The lowest BCUT2D eigenvalue weighted by Crippen LogP contribution is -2.42. The van der Waals surface area contributed by atoms with Gasteiger partial charge in [0.2, 0.25) is 0 Å². The molecule has 1 aliphatic rings. The zero-order valence-electron chi connectivity index (χ0n) is 14.7. The summed E-state index contributed by atoms with van der Waals surface area (Å²) in [5, 5.41) is 0. The fraction of sp³-hybridized carbons (Fsp3) is 0.350. The highest BCUT2D eigenvalue weighted by molar-refractivity contribution is 5.95. The van der Waals surface area contributed by atoms with Crippen molar-refractivity contribution in [3.05, 3.63) is 59.7 Å². The third kappa shape index (κ3) is 4.72. The van der Waals surface area contributed by atoms with Gasteiger partial charge in [0.15, 0.2) is 0 Å². The number of carbonyl (C=O) groups is 1. The van der Waals surface area contributed by atoms with E-state index in [1.807, 2.05) is 30.3 Å². The minimum atomic E-state index is -4.20. The first-order chi connectivity index (χ1) is 12.8. The minimum Gasteiger partial charge on any atom is -0.487 e. The molecule has 1 fully saturated rings. The van der Waals surface area contributed by atoms with E-state index in [9.17, 15) is 18.0 Å². The van der Waals surface area contributed by atoms with Crippen LogP contribution in [0.4, 0.5) is 18.9 Å². The molecule has 27 heavy (non-hydrogen) atoms. The number of nitrogens with two attached hydrogens (primary N) is 1. The number of hydrogen-bond acceptors (Lipinski definition) is 3. The standard InChI is InChI=1S/C20H21F3N2O2/c21-20(22,23)16-8-10-25(11-9-16)19(26)15-6-7-18(17(24)12-15)27-13-14-4-2-1-3-5-14/h1-7,12,16H,8-11,13,24H2. The SMILES string of the molecule is Nc1cc(C(=O)N2CCC(C(F)(F)F)CC2)ccc1OCc1ccccc1. The van der Waals surface area contributed by atoms with Crippen molar-refractivity contribution in [3.8, 4) is 5.75 Å². The summed E-state index contributed by atoms with van der Waals surface area (Å²) in [4.78, 5) is 14.0. The average Bonchev–Trinajstić information content (AvgIpc) is 2.66. The molecule has 0 unspecified atom stereocenters. The molecular weight excluding hydrogens is 357 g/mol. The maximum Gasteiger partial charge on any atom is 0.391 e. The van der Waals surface area contributed by atoms with E-state index >= 15 is 0 Å². The third-order valence-electron chi connectivity index (χ3n) is 4.74. The molecule has 0 aromatic heterocycles. The van der Waals surface area contributed by atoms with Crippen LogP contribution >= 0.6 is 0 Å². The van der Waals surface area contributed by atoms with Crippen molar-refractivity contribution in [2.45, 2.75) is 25.6 Å². The summed E-state index contributed by atoms with van der Waals surface area (Å²) in [6.07, 6.45) is -4.33. The molecule has 0 radical (unpaired) electrons. The van der Waals surface area contributed by atoms with Crippen molar-refractivity contribution in [3.63, 3.8) is 0 Å². The predicted molar refractivity (Wildman–Crippen MR) is 96.3 cm³/mol. The van der Waals surface area contributed by atoms with E-state index < -0.39 is 12.1 Å². The molecule has 2 N–H and O–H groups in total. The Hall–Kier alpha value is -2.70. The van der Waals surface area contributed by atoms with Crippen molar-refractivity contribution < 1.29 is 22.7 Å². The van der Waals surface area contributed by atoms with Crippen molar-refractivity contribution in [1.29, 1.82) is 0 Å². The van der Waals surface area contributed by atoms with E-state index in [0.29, 0.717) is 23.6 Å². The number of anilines is 1. The molecule has 4 nitrogen and oxygen atoms in total. The van der Waals surface area contributed by atoms with Gasteiger partial charge in [-0.2, -0.15) is 13.2 Å². The molecule has 144 valence electrons. The Kier molecular flexibility index (Phi) is 5.58. The first-order valence-electron chi connectivity index (χ1n) is 8.77. The van der Waals surface area contributed by atoms with Crippen molar-refractivity contribution in [2.75, 3.05) is 18.8 Å². The van der Waals surface area contributed by atoms with E-state index in [2.05, 4.69) is 0 Å². The topological polar surface area (TPSA) is 55.6 Å². The maximum absolute atomic E-state index is 12.8. The highest BCUT2D eigenvalue weighted by Gasteiger charge is 2.41. The average molecular weight is 378 g/mol. The van der Waals surface area contributed by atoms with Gasteiger partial charge in [-0.25, -0.2) is 0 Å². The zero-order valence-corrected chi connectivity index (χ0v) is 14.7. The van der Waals surface area contributed by atoms with Crippen molar-refractivity contribution >= 4 is 11.6 Å². The summed E-state index contributed by atoms with van der Waals surface area (Å²) in [6, 6.07) is 14.3. The van der Waals surface area contributed by atoms with Gasteiger partial charge in [-0.3, -0.25) is 4.79 Å². The van der Waals surface area contributed by atoms with Gasteiger partial charge in [0, 0.05) is 18.7 Å². The first-order valence-corrected chi connectivity index (χ1v) is 8.77. The summed E-state index contributed by atoms with van der Waals surface area (Å²) >= 11 is 0. The highest BCUT2D eigenvalue weighted by Crippen LogP contribution is 2.34. The van der Waals surface area contributed by atoms with Gasteiger partial charge in [0.05, 0.1) is 11.6 Å². The monoisotopic (exact) mass is 378 g/mol. The lowest BCUT2D eigenvalue weighted by molar-refractivity contribution is -0.183. The van der Waals surface area contributed by atoms with Crippen LogP contribution in [0.5, 0.6) is 5.75 Å². The van der Waals surface area contributed by atoms with E-state index in [-0.39, 0.29) is 31.8 Å². The zero-order chi connectivity index (χ0) is 19.4. The number of nitrogen functional groups attached to an aromatic ring is 1. The van der Waals surface area contributed by atoms with Crippen LogP contribution in [0.1, 0.15) is 28.8 Å². The fourth-order valence-electron chi connectivity index (χ4n) is 3.14. The molecule has 1 aliphatic heterocycles. The van der Waals surface area contributed by atoms with Gasteiger partial charge < -0.3 is 15.4 Å². The predicted octanol–water partition coefficient (Wildman–Crippen LogP) is 4.26. The summed E-state index contributed by atoms with van der Waals surface area (Å²) in [5.41, 5.74) is 7.65. The van der Waals surface area contributed by atoms with Crippen LogP contribution < -0.4 is 10.5 Å². The molecule has 0 aliphatic carbocycles. The highest BCUT2D eigenvalue weighted by atomic mass is 19.4. The van der Waals surface area contributed by atoms with Crippen molar-refractivity contribution in [1.82, 2.24) is 4.90 Å². The number of hydrogen-bond donors (Lipinski definition) is 1. The molecule has 1 saturated heterocycles. The summed E-state index contributed by atoms with van der Waals surface area (Å²) < 4.78 is 43.9. The maximum atomic E-state index is 12.8. The smallest absolute Gasteiger partial charge is 0.391 e. The molecular formula is C20H21F3N2O2. The number of piperidine rings is 1. The third-order valence-corrected chi connectivity index (χ3v) is 4.74. The normalized spacial score (nSPS) is 15.6. The second kappa shape index (κ2) is 7.90. The number of rotatable bonds is 4. The Bertz CT molecular complexity index is 786. The Labute approximate surface area is 155 Å². The minimum absolute atomic E-state index is 0.0665. The van der Waals surface area contributed by atoms with Crippen LogP contribution in [0.2, 0.25) is 0 Å². The number of ether oxygens (including phenoxy) is 1. The lowest BCUT2D eigenvalue weighted by Gasteiger charge is -2.33. The van der Waals surface area contributed by atoms with Gasteiger partial charge >= 0.3 is 6.18 Å². The molecule has 0 spiro atoms. The van der Waals surface area contributed by atoms with Gasteiger partial charge in [-0.05, 0) is 36.6 Å². The fourth-order valence-corrected chi connectivity index (χ4v) is 3.14. The molecule has 0 bridgehead atoms. The van der Waals surface area contributed by atoms with Crippen molar-refractivity contribution in [2.24, 2.45) is 5.92 Å².